The van der Waals surface area contributed by atoms with E-state index >= 15 is 0 Å². The maximum absolute atomic E-state index is 12.8. The van der Waals surface area contributed by atoms with Crippen molar-refractivity contribution in [1.29, 1.82) is 0 Å². The van der Waals surface area contributed by atoms with Crippen LogP contribution in [-0.2, 0) is 6.54 Å². The van der Waals surface area contributed by atoms with Crippen LogP contribution in [0.2, 0.25) is 0 Å². The van der Waals surface area contributed by atoms with Gasteiger partial charge in [-0.05, 0) is 64.1 Å². The largest absolute Gasteiger partial charge is 0.397 e. The summed E-state index contributed by atoms with van der Waals surface area (Å²) in [5.74, 6) is 0.649. The number of carbonyl (C=O) groups excluding carboxylic acids is 1. The molecule has 0 aliphatic carbocycles. The summed E-state index contributed by atoms with van der Waals surface area (Å²) in [6.45, 7) is 4.95. The SMILES string of the molecule is CN(C)CCNc1nc(C(=O)NCC2CCN(Cc3cnc(-c4ccccn4)s3)CC2)cc(N)c1N. The van der Waals surface area contributed by atoms with E-state index in [9.17, 15) is 4.79 Å². The highest BCUT2D eigenvalue weighted by molar-refractivity contribution is 7.14. The number of hydrogen-bond donors (Lipinski definition) is 4. The fraction of sp³-hybridized carbons (Fsp3) is 0.440. The molecule has 192 valence electrons. The van der Waals surface area contributed by atoms with Crippen LogP contribution in [0.1, 0.15) is 28.2 Å². The van der Waals surface area contributed by atoms with Gasteiger partial charge < -0.3 is 27.0 Å². The second kappa shape index (κ2) is 12.1. The minimum absolute atomic E-state index is 0.230. The molecule has 0 unspecified atom stereocenters. The number of aromatic nitrogens is 3. The van der Waals surface area contributed by atoms with Gasteiger partial charge in [0.25, 0.3) is 5.91 Å². The molecular weight excluding hydrogens is 474 g/mol. The van der Waals surface area contributed by atoms with E-state index in [0.29, 0.717) is 36.2 Å². The van der Waals surface area contributed by atoms with Crippen LogP contribution in [0, 0.1) is 5.92 Å². The number of nitrogens with two attached hydrogens (primary N) is 2. The lowest BCUT2D eigenvalue weighted by Crippen LogP contribution is -2.38. The molecule has 0 aromatic carbocycles. The third kappa shape index (κ3) is 6.90. The summed E-state index contributed by atoms with van der Waals surface area (Å²) in [6.07, 6.45) is 5.80. The van der Waals surface area contributed by atoms with Gasteiger partial charge in [-0.1, -0.05) is 6.07 Å². The minimum Gasteiger partial charge on any atom is -0.397 e. The van der Waals surface area contributed by atoms with Gasteiger partial charge in [0.05, 0.1) is 17.1 Å². The van der Waals surface area contributed by atoms with Gasteiger partial charge in [-0.25, -0.2) is 9.97 Å². The zero-order chi connectivity index (χ0) is 25.5. The normalized spacial score (nSPS) is 14.8. The molecule has 0 atom stereocenters. The first-order valence-electron chi connectivity index (χ1n) is 12.2. The van der Waals surface area contributed by atoms with Crippen molar-refractivity contribution < 1.29 is 4.79 Å². The van der Waals surface area contributed by atoms with Crippen LogP contribution in [0.3, 0.4) is 0 Å². The summed E-state index contributed by atoms with van der Waals surface area (Å²) < 4.78 is 0. The Bertz CT molecular complexity index is 1140. The second-order valence-corrected chi connectivity index (χ2v) is 10.5. The molecule has 4 rings (SSSR count). The smallest absolute Gasteiger partial charge is 0.270 e. The Hall–Kier alpha value is -3.28. The van der Waals surface area contributed by atoms with Crippen LogP contribution in [0.4, 0.5) is 17.2 Å². The summed E-state index contributed by atoms with van der Waals surface area (Å²) in [7, 11) is 3.97. The van der Waals surface area contributed by atoms with Crippen LogP contribution >= 0.6 is 11.3 Å². The maximum atomic E-state index is 12.8. The van der Waals surface area contributed by atoms with Crippen molar-refractivity contribution in [2.75, 3.05) is 63.6 Å². The molecule has 6 N–H and O–H groups in total. The Morgan fingerprint density at radius 3 is 2.75 bits per heavy atom. The molecule has 0 saturated carbocycles. The number of likely N-dealkylation sites (tertiary alicyclic amines) is 1. The maximum Gasteiger partial charge on any atom is 0.270 e. The fourth-order valence-electron chi connectivity index (χ4n) is 4.11. The lowest BCUT2D eigenvalue weighted by molar-refractivity contribution is 0.0930. The first-order valence-corrected chi connectivity index (χ1v) is 13.0. The molecule has 4 heterocycles. The number of piperidine rings is 1. The van der Waals surface area contributed by atoms with Gasteiger partial charge in [-0.3, -0.25) is 14.7 Å². The minimum atomic E-state index is -0.230. The fourth-order valence-corrected chi connectivity index (χ4v) is 5.04. The highest BCUT2D eigenvalue weighted by Gasteiger charge is 2.22. The number of hydrogen-bond acceptors (Lipinski definition) is 10. The van der Waals surface area contributed by atoms with Crippen molar-refractivity contribution in [2.24, 2.45) is 5.92 Å². The standard InChI is InChI=1S/C25H35N9OS/c1-33(2)12-9-29-23-22(27)19(26)13-21(32-23)24(35)30-14-17-6-10-34(11-7-17)16-18-15-31-25(36-18)20-5-3-4-8-28-20/h3-5,8,13,15,17H,6-7,9-12,14,16,27H2,1-2H3,(H,30,35)(H3,26,29,32). The number of pyridine rings is 2. The summed E-state index contributed by atoms with van der Waals surface area (Å²) >= 11 is 1.70. The number of anilines is 3. The highest BCUT2D eigenvalue weighted by atomic mass is 32.1. The number of nitrogen functional groups attached to an aromatic ring is 2. The van der Waals surface area contributed by atoms with Gasteiger partial charge in [0.15, 0.2) is 5.82 Å². The summed E-state index contributed by atoms with van der Waals surface area (Å²) in [5, 5.41) is 7.16. The topological polar surface area (TPSA) is 138 Å². The molecular formula is C25H35N9OS. The Balaban J connectivity index is 1.24. The number of nitrogens with zero attached hydrogens (tertiary/aromatic N) is 5. The van der Waals surface area contributed by atoms with Crippen molar-refractivity contribution in [3.63, 3.8) is 0 Å². The molecule has 1 saturated heterocycles. The Kier molecular flexibility index (Phi) is 8.68. The number of likely N-dealkylation sites (N-methyl/N-ethyl adjacent to an activating group) is 1. The van der Waals surface area contributed by atoms with Crippen LogP contribution in [0.15, 0.2) is 36.7 Å². The summed E-state index contributed by atoms with van der Waals surface area (Å²) in [5.41, 5.74) is 14.0. The molecule has 10 nitrogen and oxygen atoms in total. The highest BCUT2D eigenvalue weighted by Crippen LogP contribution is 2.26. The van der Waals surface area contributed by atoms with E-state index in [1.807, 2.05) is 43.4 Å². The predicted octanol–water partition coefficient (Wildman–Crippen LogP) is 2.38. The lowest BCUT2D eigenvalue weighted by atomic mass is 9.96. The first kappa shape index (κ1) is 25.8. The number of nitrogens with one attached hydrogen (secondary N) is 2. The molecule has 36 heavy (non-hydrogen) atoms. The van der Waals surface area contributed by atoms with Crippen molar-refractivity contribution in [3.05, 3.63) is 47.2 Å². The molecule has 0 radical (unpaired) electrons. The van der Waals surface area contributed by atoms with Gasteiger partial charge in [0.2, 0.25) is 0 Å². The van der Waals surface area contributed by atoms with E-state index < -0.39 is 0 Å². The quantitative estimate of drug-likeness (QED) is 0.324. The molecule has 1 aliphatic rings. The second-order valence-electron chi connectivity index (χ2n) is 9.37. The van der Waals surface area contributed by atoms with E-state index in [1.165, 1.54) is 4.88 Å². The third-order valence-corrected chi connectivity index (χ3v) is 7.25. The molecule has 1 aliphatic heterocycles. The van der Waals surface area contributed by atoms with Crippen molar-refractivity contribution >= 4 is 34.4 Å². The molecule has 0 spiro atoms. The Morgan fingerprint density at radius 2 is 2.03 bits per heavy atom. The number of carbonyl (C=O) groups is 1. The summed E-state index contributed by atoms with van der Waals surface area (Å²) in [6, 6.07) is 7.42. The van der Waals surface area contributed by atoms with Gasteiger partial charge in [-0.15, -0.1) is 11.3 Å². The average Bonchev–Trinajstić information content (AvgIpc) is 3.34. The molecule has 1 fully saturated rings. The Labute approximate surface area is 216 Å². The Morgan fingerprint density at radius 1 is 1.22 bits per heavy atom. The van der Waals surface area contributed by atoms with E-state index in [0.717, 1.165) is 49.7 Å². The molecule has 1 amide bonds. The number of amides is 1. The van der Waals surface area contributed by atoms with Gasteiger partial charge in [0, 0.05) is 43.4 Å². The van der Waals surface area contributed by atoms with E-state index in [1.54, 1.807) is 23.6 Å². The molecule has 3 aromatic rings. The molecule has 11 heteroatoms. The lowest BCUT2D eigenvalue weighted by Gasteiger charge is -2.31. The van der Waals surface area contributed by atoms with Crippen molar-refractivity contribution in [3.8, 4) is 10.7 Å². The van der Waals surface area contributed by atoms with Crippen LogP contribution < -0.4 is 22.1 Å². The summed E-state index contributed by atoms with van der Waals surface area (Å²) in [4.78, 5) is 31.9. The van der Waals surface area contributed by atoms with E-state index in [4.69, 9.17) is 11.5 Å². The molecule has 0 bridgehead atoms. The van der Waals surface area contributed by atoms with Crippen molar-refractivity contribution in [2.45, 2.75) is 19.4 Å². The van der Waals surface area contributed by atoms with Gasteiger partial charge >= 0.3 is 0 Å². The van der Waals surface area contributed by atoms with Crippen LogP contribution in [-0.4, -0.2) is 77.5 Å². The van der Waals surface area contributed by atoms with Gasteiger partial charge in [0.1, 0.15) is 10.7 Å². The number of thiazole rings is 1. The average molecular weight is 510 g/mol. The zero-order valence-corrected chi connectivity index (χ0v) is 21.7. The third-order valence-electron chi connectivity index (χ3n) is 6.25. The first-order chi connectivity index (χ1) is 17.4. The predicted molar refractivity (Wildman–Crippen MR) is 146 cm³/mol. The zero-order valence-electron chi connectivity index (χ0n) is 20.9. The molecule has 3 aromatic heterocycles. The van der Waals surface area contributed by atoms with Gasteiger partial charge in [-0.2, -0.15) is 0 Å². The van der Waals surface area contributed by atoms with Crippen LogP contribution in [0.25, 0.3) is 10.7 Å². The van der Waals surface area contributed by atoms with E-state index in [-0.39, 0.29) is 11.6 Å². The number of rotatable bonds is 10. The van der Waals surface area contributed by atoms with Crippen LogP contribution in [0.5, 0.6) is 0 Å². The monoisotopic (exact) mass is 509 g/mol. The van der Waals surface area contributed by atoms with E-state index in [2.05, 4.69) is 30.5 Å². The van der Waals surface area contributed by atoms with Crippen molar-refractivity contribution in [1.82, 2.24) is 30.1 Å².